The highest BCUT2D eigenvalue weighted by Crippen LogP contribution is 2.08. The molecule has 0 unspecified atom stereocenters. The molecule has 0 aliphatic rings. The Morgan fingerprint density at radius 1 is 1.14 bits per heavy atom. The van der Waals surface area contributed by atoms with Crippen molar-refractivity contribution in [1.29, 1.82) is 0 Å². The molecule has 2 N–H and O–H groups in total. The Labute approximate surface area is 121 Å². The Kier molecular flexibility index (Phi) is 4.61. The van der Waals surface area contributed by atoms with Gasteiger partial charge in [-0.2, -0.15) is 0 Å². The molecule has 0 bridgehead atoms. The van der Waals surface area contributed by atoms with Crippen LogP contribution in [0.25, 0.3) is 0 Å². The maximum atomic E-state index is 12.7. The van der Waals surface area contributed by atoms with Crippen LogP contribution in [0.2, 0.25) is 0 Å². The fraction of sp³-hybridized carbons (Fsp3) is 0.133. The lowest BCUT2D eigenvalue weighted by molar-refractivity contribution is -0.136. The van der Waals surface area contributed by atoms with Crippen LogP contribution in [0, 0.1) is 12.7 Å². The summed E-state index contributed by atoms with van der Waals surface area (Å²) < 4.78 is 12.7. The van der Waals surface area contributed by atoms with E-state index in [-0.39, 0.29) is 12.4 Å². The van der Waals surface area contributed by atoms with E-state index in [1.165, 1.54) is 30.5 Å². The average Bonchev–Trinajstić information content (AvgIpc) is 2.48. The van der Waals surface area contributed by atoms with Gasteiger partial charge in [-0.1, -0.05) is 18.2 Å². The van der Waals surface area contributed by atoms with Crippen molar-refractivity contribution in [2.75, 3.05) is 5.32 Å². The monoisotopic (exact) mass is 287 g/mol. The largest absolute Gasteiger partial charge is 0.344 e. The maximum Gasteiger partial charge on any atom is 0.314 e. The standard InChI is InChI=1S/C15H14FN3O2/c1-10-3-2-8-17-13(10)19-15(21)14(20)18-9-11-4-6-12(16)7-5-11/h2-8H,9H2,1H3,(H,18,20)(H,17,19,21). The van der Waals surface area contributed by atoms with Crippen molar-refractivity contribution in [3.05, 3.63) is 59.5 Å². The summed E-state index contributed by atoms with van der Waals surface area (Å²) >= 11 is 0. The molecule has 6 heteroatoms. The predicted molar refractivity (Wildman–Crippen MR) is 75.9 cm³/mol. The number of hydrogen-bond acceptors (Lipinski definition) is 3. The second kappa shape index (κ2) is 6.60. The Morgan fingerprint density at radius 2 is 1.86 bits per heavy atom. The van der Waals surface area contributed by atoms with Crippen LogP contribution in [0.3, 0.4) is 0 Å². The van der Waals surface area contributed by atoms with Gasteiger partial charge in [0.1, 0.15) is 11.6 Å². The Balaban J connectivity index is 1.90. The summed E-state index contributed by atoms with van der Waals surface area (Å²) in [6, 6.07) is 9.17. The third-order valence-corrected chi connectivity index (χ3v) is 2.81. The van der Waals surface area contributed by atoms with E-state index in [2.05, 4.69) is 15.6 Å². The van der Waals surface area contributed by atoms with E-state index in [1.54, 1.807) is 19.1 Å². The fourth-order valence-electron chi connectivity index (χ4n) is 1.65. The molecule has 0 saturated carbocycles. The molecule has 2 amide bonds. The van der Waals surface area contributed by atoms with E-state index in [1.807, 2.05) is 0 Å². The van der Waals surface area contributed by atoms with E-state index >= 15 is 0 Å². The summed E-state index contributed by atoms with van der Waals surface area (Å²) in [6.07, 6.45) is 1.53. The van der Waals surface area contributed by atoms with Crippen LogP contribution >= 0.6 is 0 Å². The fourth-order valence-corrected chi connectivity index (χ4v) is 1.65. The minimum Gasteiger partial charge on any atom is -0.344 e. The number of anilines is 1. The summed E-state index contributed by atoms with van der Waals surface area (Å²) in [7, 11) is 0. The highest BCUT2D eigenvalue weighted by molar-refractivity contribution is 6.39. The molecule has 1 aromatic heterocycles. The summed E-state index contributed by atoms with van der Waals surface area (Å²) in [5, 5.41) is 4.89. The first-order chi connectivity index (χ1) is 10.1. The van der Waals surface area contributed by atoms with E-state index in [0.29, 0.717) is 11.4 Å². The molecule has 0 aliphatic carbocycles. The number of hydrogen-bond donors (Lipinski definition) is 2. The van der Waals surface area contributed by atoms with Gasteiger partial charge < -0.3 is 10.6 Å². The van der Waals surface area contributed by atoms with Gasteiger partial charge in [0.25, 0.3) is 0 Å². The second-order valence-corrected chi connectivity index (χ2v) is 4.43. The number of pyridine rings is 1. The molecule has 0 saturated heterocycles. The number of nitrogens with zero attached hydrogens (tertiary/aromatic N) is 1. The average molecular weight is 287 g/mol. The van der Waals surface area contributed by atoms with Crippen molar-refractivity contribution < 1.29 is 14.0 Å². The van der Waals surface area contributed by atoms with Crippen molar-refractivity contribution in [2.45, 2.75) is 13.5 Å². The number of halogens is 1. The third kappa shape index (κ3) is 4.10. The number of carbonyl (C=O) groups excluding carboxylic acids is 2. The Hall–Kier alpha value is -2.76. The molecule has 2 aromatic rings. The molecule has 21 heavy (non-hydrogen) atoms. The first kappa shape index (κ1) is 14.6. The van der Waals surface area contributed by atoms with Crippen LogP contribution in [0.5, 0.6) is 0 Å². The van der Waals surface area contributed by atoms with Gasteiger partial charge in [0, 0.05) is 12.7 Å². The Bertz CT molecular complexity index is 656. The highest BCUT2D eigenvalue weighted by Gasteiger charge is 2.14. The first-order valence-electron chi connectivity index (χ1n) is 6.31. The van der Waals surface area contributed by atoms with Crippen LogP contribution in [-0.4, -0.2) is 16.8 Å². The van der Waals surface area contributed by atoms with E-state index in [9.17, 15) is 14.0 Å². The zero-order valence-corrected chi connectivity index (χ0v) is 11.4. The van der Waals surface area contributed by atoms with Gasteiger partial charge in [0.05, 0.1) is 0 Å². The summed E-state index contributed by atoms with van der Waals surface area (Å²) in [5.41, 5.74) is 1.46. The molecule has 0 atom stereocenters. The van der Waals surface area contributed by atoms with Crippen molar-refractivity contribution >= 4 is 17.6 Å². The van der Waals surface area contributed by atoms with Gasteiger partial charge in [0.2, 0.25) is 0 Å². The summed E-state index contributed by atoms with van der Waals surface area (Å²) in [6.45, 7) is 1.92. The molecule has 1 heterocycles. The van der Waals surface area contributed by atoms with Crippen LogP contribution in [0.15, 0.2) is 42.6 Å². The molecule has 108 valence electrons. The van der Waals surface area contributed by atoms with E-state index in [4.69, 9.17) is 0 Å². The van der Waals surface area contributed by atoms with Crippen LogP contribution < -0.4 is 10.6 Å². The lowest BCUT2D eigenvalue weighted by Crippen LogP contribution is -2.35. The lowest BCUT2D eigenvalue weighted by atomic mass is 10.2. The number of aryl methyl sites for hydroxylation is 1. The normalized spacial score (nSPS) is 10.0. The highest BCUT2D eigenvalue weighted by atomic mass is 19.1. The van der Waals surface area contributed by atoms with Crippen LogP contribution in [0.4, 0.5) is 10.2 Å². The molecule has 1 aromatic carbocycles. The SMILES string of the molecule is Cc1cccnc1NC(=O)C(=O)NCc1ccc(F)cc1. The first-order valence-corrected chi connectivity index (χ1v) is 6.31. The minimum atomic E-state index is -0.793. The van der Waals surface area contributed by atoms with Gasteiger partial charge >= 0.3 is 11.8 Å². The number of amides is 2. The quantitative estimate of drug-likeness (QED) is 0.845. The smallest absolute Gasteiger partial charge is 0.314 e. The van der Waals surface area contributed by atoms with E-state index < -0.39 is 11.8 Å². The second-order valence-electron chi connectivity index (χ2n) is 4.43. The molecular formula is C15H14FN3O2. The number of benzene rings is 1. The predicted octanol–water partition coefficient (Wildman–Crippen LogP) is 1.78. The molecule has 0 radical (unpaired) electrons. The van der Waals surface area contributed by atoms with Gasteiger partial charge in [-0.3, -0.25) is 9.59 Å². The zero-order valence-electron chi connectivity index (χ0n) is 11.4. The van der Waals surface area contributed by atoms with Crippen molar-refractivity contribution in [3.63, 3.8) is 0 Å². The number of carbonyl (C=O) groups is 2. The van der Waals surface area contributed by atoms with Gasteiger partial charge in [-0.25, -0.2) is 9.37 Å². The minimum absolute atomic E-state index is 0.147. The van der Waals surface area contributed by atoms with Crippen molar-refractivity contribution in [3.8, 4) is 0 Å². The van der Waals surface area contributed by atoms with E-state index in [0.717, 1.165) is 5.56 Å². The summed E-state index contributed by atoms with van der Waals surface area (Å²) in [4.78, 5) is 27.4. The van der Waals surface area contributed by atoms with Crippen molar-refractivity contribution in [1.82, 2.24) is 10.3 Å². The van der Waals surface area contributed by atoms with Gasteiger partial charge in [-0.15, -0.1) is 0 Å². The number of rotatable bonds is 3. The number of nitrogens with one attached hydrogen (secondary N) is 2. The van der Waals surface area contributed by atoms with Crippen LogP contribution in [0.1, 0.15) is 11.1 Å². The third-order valence-electron chi connectivity index (χ3n) is 2.81. The van der Waals surface area contributed by atoms with Gasteiger partial charge in [-0.05, 0) is 36.2 Å². The van der Waals surface area contributed by atoms with Gasteiger partial charge in [0.15, 0.2) is 0 Å². The number of aromatic nitrogens is 1. The van der Waals surface area contributed by atoms with Crippen LogP contribution in [-0.2, 0) is 16.1 Å². The molecule has 0 fully saturated rings. The Morgan fingerprint density at radius 3 is 2.52 bits per heavy atom. The molecule has 0 spiro atoms. The van der Waals surface area contributed by atoms with Crippen molar-refractivity contribution in [2.24, 2.45) is 0 Å². The molecule has 5 nitrogen and oxygen atoms in total. The molecule has 2 rings (SSSR count). The molecule has 0 aliphatic heterocycles. The zero-order chi connectivity index (χ0) is 15.2. The lowest BCUT2D eigenvalue weighted by Gasteiger charge is -2.07. The topological polar surface area (TPSA) is 71.1 Å². The summed E-state index contributed by atoms with van der Waals surface area (Å²) in [5.74, 6) is -1.57. The maximum absolute atomic E-state index is 12.7. The molecular weight excluding hydrogens is 273 g/mol.